The Kier molecular flexibility index (Phi) is 17.3. The number of benzene rings is 1. The van der Waals surface area contributed by atoms with Crippen LogP contribution in [0.4, 0.5) is 0 Å². The Bertz CT molecular complexity index is 553. The summed E-state index contributed by atoms with van der Waals surface area (Å²) < 4.78 is 5.57. The molecular weight excluding hydrogens is 356 g/mol. The number of carbonyl (C=O) groups excluding carboxylic acids is 1. The van der Waals surface area contributed by atoms with Crippen LogP contribution in [0.25, 0.3) is 0 Å². The fraction of sp³-hybridized carbons (Fsp3) is 0.667. The number of Topliss-reactive ketones (excluding diaryl/α,β-unsaturated/α-hetero) is 1. The highest BCUT2D eigenvalue weighted by Gasteiger charge is 1.98. The summed E-state index contributed by atoms with van der Waals surface area (Å²) >= 11 is 0. The third-order valence-corrected chi connectivity index (χ3v) is 5.22. The van der Waals surface area contributed by atoms with Crippen LogP contribution in [0.15, 0.2) is 30.3 Å². The van der Waals surface area contributed by atoms with Crippen molar-refractivity contribution in [2.45, 2.75) is 110 Å². The number of hydrogen-bond acceptors (Lipinski definition) is 2. The van der Waals surface area contributed by atoms with Crippen LogP contribution >= 0.6 is 0 Å². The second-order valence-electron chi connectivity index (χ2n) is 8.01. The minimum Gasteiger partial charge on any atom is -0.376 e. The molecule has 0 aromatic heterocycles. The van der Waals surface area contributed by atoms with E-state index in [1.165, 1.54) is 76.2 Å². The van der Waals surface area contributed by atoms with Gasteiger partial charge in [-0.15, -0.1) is 0 Å². The zero-order chi connectivity index (χ0) is 20.8. The summed E-state index contributed by atoms with van der Waals surface area (Å²) in [5, 5.41) is 0. The van der Waals surface area contributed by atoms with Gasteiger partial charge in [0.25, 0.3) is 0 Å². The van der Waals surface area contributed by atoms with Crippen molar-refractivity contribution in [2.24, 2.45) is 0 Å². The average molecular weight is 399 g/mol. The molecule has 2 heteroatoms. The molecule has 0 saturated heterocycles. The Balaban J connectivity index is 1.83. The van der Waals surface area contributed by atoms with E-state index in [1.807, 2.05) is 30.3 Å². The number of hydrogen-bond donors (Lipinski definition) is 0. The standard InChI is InChI=1S/C27H42O2/c1-2-3-4-5-6-7-8-9-10-11-12-13-17-22-27(28)23-18-19-24-29-25-26-20-15-14-16-21-26/h14-16,20-21H,2-13,17,19,22,24-25H2,1H3. The quantitative estimate of drug-likeness (QED) is 0.144. The molecule has 0 radical (unpaired) electrons. The molecule has 0 amide bonds. The van der Waals surface area contributed by atoms with Crippen LogP contribution in [-0.4, -0.2) is 12.4 Å². The number of ketones is 1. The molecule has 1 aromatic carbocycles. The number of carbonyl (C=O) groups is 1. The molecule has 0 aliphatic rings. The van der Waals surface area contributed by atoms with Crippen LogP contribution in [0.3, 0.4) is 0 Å². The van der Waals surface area contributed by atoms with E-state index in [-0.39, 0.29) is 5.78 Å². The smallest absolute Gasteiger partial charge is 0.205 e. The molecule has 0 aliphatic heterocycles. The van der Waals surface area contributed by atoms with Gasteiger partial charge in [-0.25, -0.2) is 0 Å². The third kappa shape index (κ3) is 17.0. The van der Waals surface area contributed by atoms with Crippen molar-refractivity contribution in [3.63, 3.8) is 0 Å². The van der Waals surface area contributed by atoms with Crippen molar-refractivity contribution in [1.82, 2.24) is 0 Å². The summed E-state index contributed by atoms with van der Waals surface area (Å²) in [6.07, 6.45) is 18.5. The minimum absolute atomic E-state index is 0.0798. The van der Waals surface area contributed by atoms with E-state index >= 15 is 0 Å². The lowest BCUT2D eigenvalue weighted by molar-refractivity contribution is -0.113. The highest BCUT2D eigenvalue weighted by molar-refractivity contribution is 5.95. The van der Waals surface area contributed by atoms with E-state index in [2.05, 4.69) is 18.8 Å². The number of unbranched alkanes of at least 4 members (excludes halogenated alkanes) is 12. The first-order chi connectivity index (χ1) is 14.3. The van der Waals surface area contributed by atoms with Crippen LogP contribution in [0, 0.1) is 11.8 Å². The van der Waals surface area contributed by atoms with Crippen LogP contribution in [0.5, 0.6) is 0 Å². The lowest BCUT2D eigenvalue weighted by Crippen LogP contribution is -1.96. The molecule has 1 aromatic rings. The number of ether oxygens (including phenoxy) is 1. The summed E-state index contributed by atoms with van der Waals surface area (Å²) in [4.78, 5) is 11.8. The molecule has 0 N–H and O–H groups in total. The molecule has 0 saturated carbocycles. The van der Waals surface area contributed by atoms with Gasteiger partial charge in [-0.2, -0.15) is 0 Å². The average Bonchev–Trinajstić information content (AvgIpc) is 2.74. The summed E-state index contributed by atoms with van der Waals surface area (Å²) in [6.45, 7) is 3.46. The SMILES string of the molecule is CCCCCCCCCCCCCCCC(=O)C#CCCOCc1ccccc1. The highest BCUT2D eigenvalue weighted by Crippen LogP contribution is 2.13. The highest BCUT2D eigenvalue weighted by atomic mass is 16.5. The van der Waals surface area contributed by atoms with E-state index in [1.54, 1.807) is 0 Å². The van der Waals surface area contributed by atoms with Gasteiger partial charge in [0.05, 0.1) is 13.2 Å². The Morgan fingerprint density at radius 1 is 0.793 bits per heavy atom. The Morgan fingerprint density at radius 3 is 1.93 bits per heavy atom. The Morgan fingerprint density at radius 2 is 1.34 bits per heavy atom. The van der Waals surface area contributed by atoms with E-state index in [4.69, 9.17) is 4.74 Å². The van der Waals surface area contributed by atoms with Crippen LogP contribution in [0.1, 0.15) is 109 Å². The van der Waals surface area contributed by atoms with E-state index in [0.717, 1.165) is 12.8 Å². The molecule has 0 aliphatic carbocycles. The summed E-state index contributed by atoms with van der Waals surface area (Å²) in [6, 6.07) is 10.1. The first-order valence-corrected chi connectivity index (χ1v) is 12.0. The molecule has 0 atom stereocenters. The van der Waals surface area contributed by atoms with Crippen molar-refractivity contribution in [1.29, 1.82) is 0 Å². The lowest BCUT2D eigenvalue weighted by Gasteiger charge is -2.02. The fourth-order valence-corrected chi connectivity index (χ4v) is 3.41. The van der Waals surface area contributed by atoms with Crippen molar-refractivity contribution in [3.05, 3.63) is 35.9 Å². The predicted molar refractivity (Wildman–Crippen MR) is 124 cm³/mol. The van der Waals surface area contributed by atoms with Gasteiger partial charge in [-0.3, -0.25) is 4.79 Å². The first-order valence-electron chi connectivity index (χ1n) is 12.0. The van der Waals surface area contributed by atoms with Gasteiger partial charge in [-0.05, 0) is 17.9 Å². The molecule has 2 nitrogen and oxygen atoms in total. The van der Waals surface area contributed by atoms with Gasteiger partial charge >= 0.3 is 0 Å². The number of rotatable bonds is 18. The van der Waals surface area contributed by atoms with E-state index in [0.29, 0.717) is 26.1 Å². The van der Waals surface area contributed by atoms with Crippen molar-refractivity contribution in [3.8, 4) is 11.8 Å². The van der Waals surface area contributed by atoms with Gasteiger partial charge in [-0.1, -0.05) is 120 Å². The molecule has 0 heterocycles. The van der Waals surface area contributed by atoms with Crippen LogP contribution in [0.2, 0.25) is 0 Å². The maximum Gasteiger partial charge on any atom is 0.205 e. The van der Waals surface area contributed by atoms with Gasteiger partial charge in [0.1, 0.15) is 0 Å². The van der Waals surface area contributed by atoms with Crippen molar-refractivity contribution in [2.75, 3.05) is 6.61 Å². The molecule has 162 valence electrons. The van der Waals surface area contributed by atoms with Gasteiger partial charge < -0.3 is 4.74 Å². The Labute approximate surface area is 179 Å². The summed E-state index contributed by atoms with van der Waals surface area (Å²) in [7, 11) is 0. The Hall–Kier alpha value is -1.59. The lowest BCUT2D eigenvalue weighted by atomic mass is 10.0. The molecule has 0 fully saturated rings. The maximum atomic E-state index is 11.8. The van der Waals surface area contributed by atoms with Crippen LogP contribution < -0.4 is 0 Å². The molecule has 0 bridgehead atoms. The second kappa shape index (κ2) is 19.7. The molecule has 0 spiro atoms. The van der Waals surface area contributed by atoms with E-state index < -0.39 is 0 Å². The predicted octanol–water partition coefficient (Wildman–Crippen LogP) is 7.65. The van der Waals surface area contributed by atoms with Crippen LogP contribution in [-0.2, 0) is 16.1 Å². The zero-order valence-electron chi connectivity index (χ0n) is 18.7. The summed E-state index contributed by atoms with van der Waals surface area (Å²) in [5.41, 5.74) is 1.17. The summed E-state index contributed by atoms with van der Waals surface area (Å²) in [5.74, 6) is 5.78. The van der Waals surface area contributed by atoms with Crippen molar-refractivity contribution >= 4 is 5.78 Å². The van der Waals surface area contributed by atoms with Gasteiger partial charge in [0.15, 0.2) is 0 Å². The van der Waals surface area contributed by atoms with Gasteiger partial charge in [0.2, 0.25) is 5.78 Å². The minimum atomic E-state index is 0.0798. The maximum absolute atomic E-state index is 11.8. The molecule has 0 unspecified atom stereocenters. The monoisotopic (exact) mass is 398 g/mol. The third-order valence-electron chi connectivity index (χ3n) is 5.22. The molecular formula is C27H42O2. The normalized spacial score (nSPS) is 10.5. The van der Waals surface area contributed by atoms with Gasteiger partial charge in [0, 0.05) is 12.8 Å². The molecule has 1 rings (SSSR count). The fourth-order valence-electron chi connectivity index (χ4n) is 3.41. The second-order valence-corrected chi connectivity index (χ2v) is 8.01. The largest absolute Gasteiger partial charge is 0.376 e. The topological polar surface area (TPSA) is 26.3 Å². The van der Waals surface area contributed by atoms with Crippen molar-refractivity contribution < 1.29 is 9.53 Å². The zero-order valence-corrected chi connectivity index (χ0v) is 18.7. The van der Waals surface area contributed by atoms with E-state index in [9.17, 15) is 4.79 Å². The molecule has 29 heavy (non-hydrogen) atoms. The first kappa shape index (κ1) is 25.4.